The molecule has 0 saturated heterocycles. The Morgan fingerprint density at radius 2 is 1.90 bits per heavy atom. The molecular weight excluding hydrogens is 314 g/mol. The molecule has 0 aliphatic heterocycles. The van der Waals surface area contributed by atoms with E-state index in [0.717, 1.165) is 15.8 Å². The first-order valence-electron chi connectivity index (χ1n) is 6.48. The first-order chi connectivity index (χ1) is 9.49. The van der Waals surface area contributed by atoms with Gasteiger partial charge in [0.2, 0.25) is 0 Å². The fraction of sp³-hybridized carbons (Fsp3) is 0.235. The number of ether oxygens (including phenoxy) is 1. The van der Waals surface area contributed by atoms with Gasteiger partial charge in [-0.3, -0.25) is 0 Å². The molecule has 0 atom stereocenters. The zero-order valence-electron chi connectivity index (χ0n) is 11.8. The van der Waals surface area contributed by atoms with Crippen molar-refractivity contribution < 1.29 is 4.74 Å². The van der Waals surface area contributed by atoms with Crippen molar-refractivity contribution in [2.24, 2.45) is 0 Å². The Morgan fingerprint density at radius 1 is 1.15 bits per heavy atom. The molecule has 0 fully saturated rings. The Hall–Kier alpha value is -1.79. The third kappa shape index (κ3) is 3.40. The summed E-state index contributed by atoms with van der Waals surface area (Å²) in [5.74, 6) is 1.95. The van der Waals surface area contributed by atoms with Crippen LogP contribution in [0.4, 0.5) is 0 Å². The lowest BCUT2D eigenvalue weighted by atomic mass is 10.0. The third-order valence-corrected chi connectivity index (χ3v) is 3.56. The number of halogens is 1. The van der Waals surface area contributed by atoms with Crippen LogP contribution in [-0.2, 0) is 0 Å². The molecule has 0 N–H and O–H groups in total. The monoisotopic (exact) mass is 329 g/mol. The van der Waals surface area contributed by atoms with Crippen molar-refractivity contribution in [2.45, 2.75) is 26.7 Å². The molecule has 2 aromatic carbocycles. The summed E-state index contributed by atoms with van der Waals surface area (Å²) in [6.07, 6.45) is 0. The van der Waals surface area contributed by atoms with Crippen LogP contribution in [0.5, 0.6) is 11.5 Å². The maximum atomic E-state index is 9.00. The predicted octanol–water partition coefficient (Wildman–Crippen LogP) is 5.54. The SMILES string of the molecule is Cc1ccc(C(C)C)cc1Oc1cc(Br)cc(C#N)c1. The van der Waals surface area contributed by atoms with Crippen LogP contribution in [0.1, 0.15) is 36.5 Å². The summed E-state index contributed by atoms with van der Waals surface area (Å²) >= 11 is 3.39. The zero-order chi connectivity index (χ0) is 14.7. The molecule has 2 nitrogen and oxygen atoms in total. The van der Waals surface area contributed by atoms with Crippen LogP contribution >= 0.6 is 15.9 Å². The summed E-state index contributed by atoms with van der Waals surface area (Å²) in [5, 5.41) is 9.00. The molecule has 20 heavy (non-hydrogen) atoms. The highest BCUT2D eigenvalue weighted by Gasteiger charge is 2.07. The second kappa shape index (κ2) is 6.11. The summed E-state index contributed by atoms with van der Waals surface area (Å²) in [4.78, 5) is 0. The van der Waals surface area contributed by atoms with Gasteiger partial charge in [-0.25, -0.2) is 0 Å². The van der Waals surface area contributed by atoms with Gasteiger partial charge in [-0.1, -0.05) is 41.9 Å². The number of aryl methyl sites for hydroxylation is 1. The van der Waals surface area contributed by atoms with E-state index in [9.17, 15) is 0 Å². The van der Waals surface area contributed by atoms with Crippen LogP contribution in [0.3, 0.4) is 0 Å². The van der Waals surface area contributed by atoms with Crippen LogP contribution in [0, 0.1) is 18.3 Å². The third-order valence-electron chi connectivity index (χ3n) is 3.11. The van der Waals surface area contributed by atoms with Crippen molar-refractivity contribution in [1.82, 2.24) is 0 Å². The van der Waals surface area contributed by atoms with E-state index in [1.165, 1.54) is 5.56 Å². The average molecular weight is 330 g/mol. The molecule has 0 radical (unpaired) electrons. The highest BCUT2D eigenvalue weighted by atomic mass is 79.9. The Labute approximate surface area is 128 Å². The second-order valence-electron chi connectivity index (χ2n) is 5.07. The van der Waals surface area contributed by atoms with Crippen molar-refractivity contribution in [2.75, 3.05) is 0 Å². The Balaban J connectivity index is 2.37. The van der Waals surface area contributed by atoms with Gasteiger partial charge in [-0.05, 0) is 48.2 Å². The first kappa shape index (κ1) is 14.6. The Morgan fingerprint density at radius 3 is 2.55 bits per heavy atom. The maximum absolute atomic E-state index is 9.00. The molecule has 3 heteroatoms. The van der Waals surface area contributed by atoms with Gasteiger partial charge < -0.3 is 4.74 Å². The molecule has 0 aromatic heterocycles. The van der Waals surface area contributed by atoms with Crippen molar-refractivity contribution in [3.8, 4) is 17.6 Å². The lowest BCUT2D eigenvalue weighted by Crippen LogP contribution is -1.93. The standard InChI is InChI=1S/C17H16BrNO/c1-11(2)14-5-4-12(3)17(8-14)20-16-7-13(10-19)6-15(18)9-16/h4-9,11H,1-3H3. The van der Waals surface area contributed by atoms with Gasteiger partial charge in [0.15, 0.2) is 0 Å². The number of hydrogen-bond acceptors (Lipinski definition) is 2. The number of hydrogen-bond donors (Lipinski definition) is 0. The summed E-state index contributed by atoms with van der Waals surface area (Å²) in [7, 11) is 0. The minimum atomic E-state index is 0.454. The Kier molecular flexibility index (Phi) is 4.46. The van der Waals surface area contributed by atoms with Gasteiger partial charge in [0, 0.05) is 4.47 Å². The van der Waals surface area contributed by atoms with E-state index in [0.29, 0.717) is 17.2 Å². The molecule has 0 amide bonds. The summed E-state index contributed by atoms with van der Waals surface area (Å²) in [6.45, 7) is 6.32. The average Bonchev–Trinajstić information content (AvgIpc) is 2.40. The highest BCUT2D eigenvalue weighted by molar-refractivity contribution is 9.10. The smallest absolute Gasteiger partial charge is 0.130 e. The van der Waals surface area contributed by atoms with Crippen LogP contribution in [0.25, 0.3) is 0 Å². The lowest BCUT2D eigenvalue weighted by molar-refractivity contribution is 0.477. The number of rotatable bonds is 3. The number of nitriles is 1. The Bertz CT molecular complexity index is 671. The van der Waals surface area contributed by atoms with E-state index in [4.69, 9.17) is 10.00 Å². The van der Waals surface area contributed by atoms with Crippen LogP contribution < -0.4 is 4.74 Å². The van der Waals surface area contributed by atoms with E-state index < -0.39 is 0 Å². The summed E-state index contributed by atoms with van der Waals surface area (Å²) < 4.78 is 6.78. The molecular formula is C17H16BrNO. The van der Waals surface area contributed by atoms with E-state index in [1.807, 2.05) is 13.0 Å². The summed E-state index contributed by atoms with van der Waals surface area (Å²) in [6, 6.07) is 13.7. The molecule has 2 rings (SSSR count). The predicted molar refractivity (Wildman–Crippen MR) is 84.2 cm³/mol. The fourth-order valence-electron chi connectivity index (χ4n) is 1.90. The molecule has 0 aliphatic carbocycles. The molecule has 102 valence electrons. The van der Waals surface area contributed by atoms with Crippen molar-refractivity contribution >= 4 is 15.9 Å². The van der Waals surface area contributed by atoms with Crippen LogP contribution in [0.2, 0.25) is 0 Å². The van der Waals surface area contributed by atoms with Gasteiger partial charge in [0.1, 0.15) is 11.5 Å². The van der Waals surface area contributed by atoms with Crippen molar-refractivity contribution in [3.63, 3.8) is 0 Å². The van der Waals surface area contributed by atoms with Crippen LogP contribution in [-0.4, -0.2) is 0 Å². The van der Waals surface area contributed by atoms with Gasteiger partial charge >= 0.3 is 0 Å². The van der Waals surface area contributed by atoms with Gasteiger partial charge in [-0.15, -0.1) is 0 Å². The molecule has 0 bridgehead atoms. The molecule has 0 spiro atoms. The fourth-order valence-corrected chi connectivity index (χ4v) is 2.37. The highest BCUT2D eigenvalue weighted by Crippen LogP contribution is 2.30. The van der Waals surface area contributed by atoms with Crippen molar-refractivity contribution in [1.29, 1.82) is 5.26 Å². The van der Waals surface area contributed by atoms with Gasteiger partial charge in [0.05, 0.1) is 11.6 Å². The molecule has 0 saturated carbocycles. The maximum Gasteiger partial charge on any atom is 0.130 e. The minimum absolute atomic E-state index is 0.454. The molecule has 0 unspecified atom stereocenters. The molecule has 2 aromatic rings. The zero-order valence-corrected chi connectivity index (χ0v) is 13.4. The van der Waals surface area contributed by atoms with Crippen molar-refractivity contribution in [3.05, 3.63) is 57.6 Å². The summed E-state index contributed by atoms with van der Waals surface area (Å²) in [5.41, 5.74) is 2.89. The molecule has 0 aliphatic rings. The van der Waals surface area contributed by atoms with Crippen LogP contribution in [0.15, 0.2) is 40.9 Å². The van der Waals surface area contributed by atoms with Gasteiger partial charge in [0.25, 0.3) is 0 Å². The van der Waals surface area contributed by atoms with E-state index in [2.05, 4.69) is 54.0 Å². The first-order valence-corrected chi connectivity index (χ1v) is 7.28. The van der Waals surface area contributed by atoms with Gasteiger partial charge in [-0.2, -0.15) is 5.26 Å². The van der Waals surface area contributed by atoms with E-state index >= 15 is 0 Å². The number of nitrogens with zero attached hydrogens (tertiary/aromatic N) is 1. The number of benzene rings is 2. The van der Waals surface area contributed by atoms with E-state index in [-0.39, 0.29) is 0 Å². The topological polar surface area (TPSA) is 33.0 Å². The molecule has 0 heterocycles. The minimum Gasteiger partial charge on any atom is -0.457 e. The van der Waals surface area contributed by atoms with E-state index in [1.54, 1.807) is 12.1 Å². The lowest BCUT2D eigenvalue weighted by Gasteiger charge is -2.13. The largest absolute Gasteiger partial charge is 0.457 e. The second-order valence-corrected chi connectivity index (χ2v) is 5.98. The quantitative estimate of drug-likeness (QED) is 0.740. The normalized spacial score (nSPS) is 10.4.